The lowest BCUT2D eigenvalue weighted by molar-refractivity contribution is -0.138. The molecule has 0 unspecified atom stereocenters. The summed E-state index contributed by atoms with van der Waals surface area (Å²) in [7, 11) is 1.62. The van der Waals surface area contributed by atoms with E-state index >= 15 is 0 Å². The number of rotatable bonds is 4. The van der Waals surface area contributed by atoms with Crippen LogP contribution in [0.1, 0.15) is 48.0 Å². The minimum atomic E-state index is -0.758. The monoisotopic (exact) mass is 314 g/mol. The van der Waals surface area contributed by atoms with Crippen LogP contribution in [-0.2, 0) is 9.53 Å². The molecule has 0 aliphatic heterocycles. The summed E-state index contributed by atoms with van der Waals surface area (Å²) in [6, 6.07) is 9.26. The average molecular weight is 314 g/mol. The molecule has 0 atom stereocenters. The van der Waals surface area contributed by atoms with Gasteiger partial charge in [0.25, 0.3) is 5.91 Å². The van der Waals surface area contributed by atoms with Crippen molar-refractivity contribution in [3.05, 3.63) is 35.4 Å². The van der Waals surface area contributed by atoms with Gasteiger partial charge >= 0.3 is 5.97 Å². The Morgan fingerprint density at radius 3 is 2.39 bits per heavy atom. The molecular formula is C18H22N2O3. The summed E-state index contributed by atoms with van der Waals surface area (Å²) in [6.45, 7) is 1.59. The zero-order valence-electron chi connectivity index (χ0n) is 13.7. The molecule has 0 saturated heterocycles. The maximum Gasteiger partial charge on any atom is 0.338 e. The van der Waals surface area contributed by atoms with Crippen molar-refractivity contribution in [3.63, 3.8) is 0 Å². The smallest absolute Gasteiger partial charge is 0.338 e. The second kappa shape index (κ2) is 7.28. The van der Waals surface area contributed by atoms with E-state index in [0.717, 1.165) is 24.8 Å². The molecule has 122 valence electrons. The molecule has 1 saturated carbocycles. The first-order valence-electron chi connectivity index (χ1n) is 7.90. The Kier molecular flexibility index (Phi) is 5.38. The lowest BCUT2D eigenvalue weighted by atomic mass is 9.81. The molecule has 5 nitrogen and oxygen atoms in total. The van der Waals surface area contributed by atoms with E-state index in [0.29, 0.717) is 18.4 Å². The van der Waals surface area contributed by atoms with Crippen LogP contribution in [-0.4, -0.2) is 36.0 Å². The molecule has 1 amide bonds. The van der Waals surface area contributed by atoms with Crippen LogP contribution in [0.3, 0.4) is 0 Å². The predicted molar refractivity (Wildman–Crippen MR) is 85.7 cm³/mol. The minimum absolute atomic E-state index is 0.339. The Morgan fingerprint density at radius 2 is 1.83 bits per heavy atom. The van der Waals surface area contributed by atoms with Crippen molar-refractivity contribution in [3.8, 4) is 6.07 Å². The van der Waals surface area contributed by atoms with Crippen LogP contribution in [0.4, 0.5) is 0 Å². The number of ether oxygens (including phenoxy) is 1. The van der Waals surface area contributed by atoms with Gasteiger partial charge in [-0.15, -0.1) is 0 Å². The maximum absolute atomic E-state index is 12.3. The number of esters is 1. The molecule has 1 aliphatic rings. The Bertz CT molecular complexity index is 610. The topological polar surface area (TPSA) is 70.4 Å². The van der Waals surface area contributed by atoms with Gasteiger partial charge in [-0.3, -0.25) is 4.79 Å². The largest absolute Gasteiger partial charge is 0.452 e. The molecule has 0 spiro atoms. The lowest BCUT2D eigenvalue weighted by Crippen LogP contribution is -2.51. The van der Waals surface area contributed by atoms with Crippen molar-refractivity contribution >= 4 is 11.9 Å². The molecule has 1 aromatic rings. The standard InChI is InChI=1S/C18H22N2O3/c1-14-6-8-15(9-7-14)17(22)23-12-16(21)20(2)18(13-19)10-4-3-5-11-18/h6-9H,3-5,10-12H2,1-2H3. The molecule has 1 fully saturated rings. The molecular weight excluding hydrogens is 292 g/mol. The van der Waals surface area contributed by atoms with E-state index in [1.54, 1.807) is 19.2 Å². The number of likely N-dealkylation sites (N-methyl/N-ethyl adjacent to an activating group) is 1. The summed E-state index contributed by atoms with van der Waals surface area (Å²) in [5.74, 6) is -0.865. The van der Waals surface area contributed by atoms with Crippen molar-refractivity contribution in [2.45, 2.75) is 44.6 Å². The second-order valence-electron chi connectivity index (χ2n) is 6.10. The van der Waals surface area contributed by atoms with Gasteiger partial charge in [0.2, 0.25) is 0 Å². The normalized spacial score (nSPS) is 16.2. The van der Waals surface area contributed by atoms with Gasteiger partial charge in [0, 0.05) is 7.05 Å². The van der Waals surface area contributed by atoms with Crippen molar-refractivity contribution in [2.75, 3.05) is 13.7 Å². The molecule has 1 aliphatic carbocycles. The van der Waals surface area contributed by atoms with Crippen molar-refractivity contribution in [2.24, 2.45) is 0 Å². The molecule has 2 rings (SSSR count). The molecule has 5 heteroatoms. The van der Waals surface area contributed by atoms with E-state index < -0.39 is 11.5 Å². The summed E-state index contributed by atoms with van der Waals surface area (Å²) < 4.78 is 5.09. The molecule has 0 heterocycles. The number of benzene rings is 1. The summed E-state index contributed by atoms with van der Waals surface area (Å²) >= 11 is 0. The van der Waals surface area contributed by atoms with Crippen molar-refractivity contribution < 1.29 is 14.3 Å². The van der Waals surface area contributed by atoms with E-state index in [-0.39, 0.29) is 12.5 Å². The minimum Gasteiger partial charge on any atom is -0.452 e. The Balaban J connectivity index is 1.94. The highest BCUT2D eigenvalue weighted by Crippen LogP contribution is 2.32. The fourth-order valence-corrected chi connectivity index (χ4v) is 2.89. The number of hydrogen-bond acceptors (Lipinski definition) is 4. The van der Waals surface area contributed by atoms with Gasteiger partial charge in [0.05, 0.1) is 11.6 Å². The summed E-state index contributed by atoms with van der Waals surface area (Å²) in [5, 5.41) is 9.49. The van der Waals surface area contributed by atoms with Crippen LogP contribution < -0.4 is 0 Å². The summed E-state index contributed by atoms with van der Waals surface area (Å²) in [4.78, 5) is 25.7. The quantitative estimate of drug-likeness (QED) is 0.801. The third-order valence-corrected chi connectivity index (χ3v) is 4.52. The molecule has 0 bridgehead atoms. The van der Waals surface area contributed by atoms with E-state index in [9.17, 15) is 14.9 Å². The van der Waals surface area contributed by atoms with Crippen molar-refractivity contribution in [1.82, 2.24) is 4.90 Å². The number of carbonyl (C=O) groups is 2. The first kappa shape index (κ1) is 17.0. The number of nitriles is 1. The van der Waals surface area contributed by atoms with E-state index in [2.05, 4.69) is 6.07 Å². The maximum atomic E-state index is 12.3. The Hall–Kier alpha value is -2.35. The molecule has 0 aromatic heterocycles. The second-order valence-corrected chi connectivity index (χ2v) is 6.10. The Labute approximate surface area is 136 Å². The zero-order valence-corrected chi connectivity index (χ0v) is 13.7. The van der Waals surface area contributed by atoms with Crippen LogP contribution in [0.5, 0.6) is 0 Å². The predicted octanol–water partition coefficient (Wildman–Crippen LogP) is 2.84. The van der Waals surface area contributed by atoms with Gasteiger partial charge in [-0.2, -0.15) is 5.26 Å². The average Bonchev–Trinajstić information content (AvgIpc) is 2.59. The zero-order chi connectivity index (χ0) is 16.9. The van der Waals surface area contributed by atoms with E-state index in [4.69, 9.17) is 4.74 Å². The first-order valence-corrected chi connectivity index (χ1v) is 7.90. The highest BCUT2D eigenvalue weighted by atomic mass is 16.5. The number of nitrogens with zero attached hydrogens (tertiary/aromatic N) is 2. The van der Waals surface area contributed by atoms with E-state index in [1.807, 2.05) is 19.1 Å². The van der Waals surface area contributed by atoms with Gasteiger partial charge in [-0.05, 0) is 31.9 Å². The highest BCUT2D eigenvalue weighted by Gasteiger charge is 2.38. The fourth-order valence-electron chi connectivity index (χ4n) is 2.89. The van der Waals surface area contributed by atoms with Crippen LogP contribution in [0.2, 0.25) is 0 Å². The van der Waals surface area contributed by atoms with Gasteiger partial charge in [0.1, 0.15) is 5.54 Å². The SMILES string of the molecule is Cc1ccc(C(=O)OCC(=O)N(C)C2(C#N)CCCCC2)cc1. The van der Waals surface area contributed by atoms with Crippen molar-refractivity contribution in [1.29, 1.82) is 5.26 Å². The fraction of sp³-hybridized carbons (Fsp3) is 0.500. The van der Waals surface area contributed by atoms with Gasteiger partial charge in [0.15, 0.2) is 6.61 Å². The first-order chi connectivity index (χ1) is 11.0. The Morgan fingerprint density at radius 1 is 1.22 bits per heavy atom. The van der Waals surface area contributed by atoms with Crippen LogP contribution in [0.15, 0.2) is 24.3 Å². The van der Waals surface area contributed by atoms with Gasteiger partial charge in [-0.25, -0.2) is 4.79 Å². The molecule has 23 heavy (non-hydrogen) atoms. The van der Waals surface area contributed by atoms with Gasteiger partial charge in [-0.1, -0.05) is 37.0 Å². The number of hydrogen-bond donors (Lipinski definition) is 0. The molecule has 0 radical (unpaired) electrons. The number of amides is 1. The summed E-state index contributed by atoms with van der Waals surface area (Å²) in [6.07, 6.45) is 4.33. The highest BCUT2D eigenvalue weighted by molar-refractivity contribution is 5.91. The molecule has 1 aromatic carbocycles. The summed E-state index contributed by atoms with van der Waals surface area (Å²) in [5.41, 5.74) is 0.704. The van der Waals surface area contributed by atoms with Crippen LogP contribution >= 0.6 is 0 Å². The number of aryl methyl sites for hydroxylation is 1. The number of carbonyl (C=O) groups excluding carboxylic acids is 2. The van der Waals surface area contributed by atoms with Gasteiger partial charge < -0.3 is 9.64 Å². The third-order valence-electron chi connectivity index (χ3n) is 4.52. The van der Waals surface area contributed by atoms with E-state index in [1.165, 1.54) is 4.90 Å². The van der Waals surface area contributed by atoms with Crippen LogP contribution in [0.25, 0.3) is 0 Å². The van der Waals surface area contributed by atoms with Crippen LogP contribution in [0, 0.1) is 18.3 Å². The lowest BCUT2D eigenvalue weighted by Gasteiger charge is -2.38. The molecule has 0 N–H and O–H groups in total. The third kappa shape index (κ3) is 3.89.